The molecule has 1 aliphatic rings. The van der Waals surface area contributed by atoms with Crippen molar-refractivity contribution in [3.05, 3.63) is 60.0 Å². The smallest absolute Gasteiger partial charge is 0.137 e. The van der Waals surface area contributed by atoms with Crippen molar-refractivity contribution >= 4 is 12.6 Å². The summed E-state index contributed by atoms with van der Waals surface area (Å²) in [6.45, 7) is 7.97. The quantitative estimate of drug-likeness (QED) is 0.527. The first-order chi connectivity index (χ1) is 12.8. The normalized spacial score (nSPS) is 22.3. The van der Waals surface area contributed by atoms with E-state index in [-0.39, 0.29) is 17.6 Å². The van der Waals surface area contributed by atoms with Crippen LogP contribution in [0, 0.1) is 5.92 Å². The van der Waals surface area contributed by atoms with Crippen LogP contribution in [0.5, 0.6) is 11.5 Å². The van der Waals surface area contributed by atoms with Gasteiger partial charge in [0, 0.05) is 28.1 Å². The van der Waals surface area contributed by atoms with Gasteiger partial charge in [0.25, 0.3) is 0 Å². The molecule has 142 valence electrons. The topological polar surface area (TPSA) is 62.6 Å². The van der Waals surface area contributed by atoms with E-state index < -0.39 is 6.10 Å². The molecule has 0 bridgehead atoms. The standard InChI is InChI=1S/C22H25NO3S/c1-12(2)17-9-19(24)13(3)5-18(17)22-20(25)7-14(8-21(22)27)15-6-16(26-4)11-23-10-15/h5-8,10-11,17-19,24-25,27H,1,9H2,2-4H3/t17-,18+,19-/m0/s1. The fourth-order valence-electron chi connectivity index (χ4n) is 3.70. The molecule has 5 heteroatoms. The Hall–Kier alpha value is -2.24. The number of hydrogen-bond acceptors (Lipinski definition) is 5. The van der Waals surface area contributed by atoms with Gasteiger partial charge in [-0.05, 0) is 55.5 Å². The van der Waals surface area contributed by atoms with Gasteiger partial charge in [0.05, 0.1) is 19.4 Å². The van der Waals surface area contributed by atoms with E-state index in [0.717, 1.165) is 27.8 Å². The molecule has 1 aromatic heterocycles. The van der Waals surface area contributed by atoms with Crippen LogP contribution >= 0.6 is 12.6 Å². The van der Waals surface area contributed by atoms with Crippen molar-refractivity contribution in [2.75, 3.05) is 7.11 Å². The summed E-state index contributed by atoms with van der Waals surface area (Å²) in [5, 5.41) is 21.1. The van der Waals surface area contributed by atoms with Gasteiger partial charge in [-0.25, -0.2) is 0 Å². The van der Waals surface area contributed by atoms with E-state index in [9.17, 15) is 10.2 Å². The lowest BCUT2D eigenvalue weighted by Crippen LogP contribution is -2.26. The molecule has 3 rings (SSSR count). The Labute approximate surface area is 165 Å². The number of pyridine rings is 1. The SMILES string of the molecule is C=C(C)[C@@H]1C[C@H](O)C(C)=C[C@H]1c1c(O)cc(-c2cncc(OC)c2)cc1S. The van der Waals surface area contributed by atoms with E-state index >= 15 is 0 Å². The van der Waals surface area contributed by atoms with Crippen LogP contribution in [0.3, 0.4) is 0 Å². The zero-order valence-corrected chi connectivity index (χ0v) is 16.7. The molecule has 0 aliphatic heterocycles. The number of ether oxygens (including phenoxy) is 1. The number of aliphatic hydroxyl groups is 1. The van der Waals surface area contributed by atoms with E-state index in [2.05, 4.69) is 24.2 Å². The number of allylic oxidation sites excluding steroid dienone is 2. The van der Waals surface area contributed by atoms with Crippen molar-refractivity contribution < 1.29 is 14.9 Å². The second kappa shape index (κ2) is 7.79. The molecule has 1 aromatic carbocycles. The monoisotopic (exact) mass is 383 g/mol. The second-order valence-corrected chi connectivity index (χ2v) is 7.66. The summed E-state index contributed by atoms with van der Waals surface area (Å²) in [5.41, 5.74) is 4.31. The van der Waals surface area contributed by atoms with Gasteiger partial charge in [-0.1, -0.05) is 18.2 Å². The van der Waals surface area contributed by atoms with Crippen molar-refractivity contribution in [3.8, 4) is 22.6 Å². The molecule has 27 heavy (non-hydrogen) atoms. The summed E-state index contributed by atoms with van der Waals surface area (Å²) in [7, 11) is 1.59. The zero-order chi connectivity index (χ0) is 19.7. The fourth-order valence-corrected chi connectivity index (χ4v) is 4.10. The molecule has 0 saturated carbocycles. The number of phenolic OH excluding ortho intramolecular Hbond substituents is 1. The minimum absolute atomic E-state index is 0.0461. The van der Waals surface area contributed by atoms with Gasteiger partial charge in [0.15, 0.2) is 0 Å². The molecule has 0 spiro atoms. The van der Waals surface area contributed by atoms with Crippen LogP contribution in [0.4, 0.5) is 0 Å². The first kappa shape index (κ1) is 19.5. The summed E-state index contributed by atoms with van der Waals surface area (Å²) in [4.78, 5) is 4.88. The average molecular weight is 384 g/mol. The molecule has 3 atom stereocenters. The molecule has 0 unspecified atom stereocenters. The third-order valence-corrected chi connectivity index (χ3v) is 5.63. The van der Waals surface area contributed by atoms with E-state index in [0.29, 0.717) is 17.1 Å². The van der Waals surface area contributed by atoms with Crippen LogP contribution in [0.25, 0.3) is 11.1 Å². The summed E-state index contributed by atoms with van der Waals surface area (Å²) in [6, 6.07) is 5.53. The largest absolute Gasteiger partial charge is 0.508 e. The van der Waals surface area contributed by atoms with E-state index in [1.54, 1.807) is 25.6 Å². The van der Waals surface area contributed by atoms with Gasteiger partial charge in [0.1, 0.15) is 11.5 Å². The number of methoxy groups -OCH3 is 1. The number of benzene rings is 1. The van der Waals surface area contributed by atoms with Crippen LogP contribution in [-0.2, 0) is 0 Å². The number of aromatic nitrogens is 1. The molecule has 2 aromatic rings. The molecule has 0 amide bonds. The maximum Gasteiger partial charge on any atom is 0.137 e. The molecule has 4 nitrogen and oxygen atoms in total. The Bertz CT molecular complexity index is 883. The number of hydrogen-bond donors (Lipinski definition) is 3. The van der Waals surface area contributed by atoms with Crippen molar-refractivity contribution in [2.45, 2.75) is 37.2 Å². The van der Waals surface area contributed by atoms with Gasteiger partial charge in [0.2, 0.25) is 0 Å². The highest BCUT2D eigenvalue weighted by molar-refractivity contribution is 7.80. The fraction of sp³-hybridized carbons (Fsp3) is 0.318. The molecule has 1 aliphatic carbocycles. The Balaban J connectivity index is 2.08. The Morgan fingerprint density at radius 2 is 2.00 bits per heavy atom. The van der Waals surface area contributed by atoms with Gasteiger partial charge < -0.3 is 14.9 Å². The second-order valence-electron chi connectivity index (χ2n) is 7.18. The Kier molecular flexibility index (Phi) is 5.63. The van der Waals surface area contributed by atoms with Gasteiger partial charge in [-0.3, -0.25) is 4.98 Å². The van der Waals surface area contributed by atoms with Crippen molar-refractivity contribution in [1.82, 2.24) is 4.98 Å². The number of aromatic hydroxyl groups is 1. The van der Waals surface area contributed by atoms with Crippen LogP contribution < -0.4 is 4.74 Å². The maximum absolute atomic E-state index is 10.8. The number of thiol groups is 1. The minimum Gasteiger partial charge on any atom is -0.508 e. The minimum atomic E-state index is -0.476. The van der Waals surface area contributed by atoms with Crippen LogP contribution in [-0.4, -0.2) is 28.4 Å². The first-order valence-electron chi connectivity index (χ1n) is 8.89. The Morgan fingerprint density at radius 1 is 1.26 bits per heavy atom. The summed E-state index contributed by atoms with van der Waals surface area (Å²) < 4.78 is 5.23. The number of phenols is 1. The molecule has 0 radical (unpaired) electrons. The molecule has 1 heterocycles. The molecule has 2 N–H and O–H groups in total. The predicted molar refractivity (Wildman–Crippen MR) is 111 cm³/mol. The highest BCUT2D eigenvalue weighted by Crippen LogP contribution is 2.46. The lowest BCUT2D eigenvalue weighted by Gasteiger charge is -2.34. The lowest BCUT2D eigenvalue weighted by atomic mass is 9.73. The van der Waals surface area contributed by atoms with Crippen molar-refractivity contribution in [3.63, 3.8) is 0 Å². The van der Waals surface area contributed by atoms with Crippen LogP contribution in [0.2, 0.25) is 0 Å². The number of aliphatic hydroxyl groups excluding tert-OH is 1. The first-order valence-corrected chi connectivity index (χ1v) is 9.33. The zero-order valence-electron chi connectivity index (χ0n) is 15.8. The third kappa shape index (κ3) is 3.89. The van der Waals surface area contributed by atoms with E-state index in [1.165, 1.54) is 0 Å². The molecular formula is C22H25NO3S. The van der Waals surface area contributed by atoms with Crippen LogP contribution in [0.1, 0.15) is 31.7 Å². The molecular weight excluding hydrogens is 358 g/mol. The van der Waals surface area contributed by atoms with E-state index in [4.69, 9.17) is 4.74 Å². The summed E-state index contributed by atoms with van der Waals surface area (Å²) >= 11 is 4.67. The van der Waals surface area contributed by atoms with Gasteiger partial charge in [-0.15, -0.1) is 12.6 Å². The third-order valence-electron chi connectivity index (χ3n) is 5.26. The number of nitrogens with zero attached hydrogens (tertiary/aromatic N) is 1. The molecule has 0 fully saturated rings. The lowest BCUT2D eigenvalue weighted by molar-refractivity contribution is 0.168. The van der Waals surface area contributed by atoms with Crippen LogP contribution in [0.15, 0.2) is 59.3 Å². The summed E-state index contributed by atoms with van der Waals surface area (Å²) in [6.07, 6.45) is 5.50. The maximum atomic E-state index is 10.8. The highest BCUT2D eigenvalue weighted by Gasteiger charge is 2.32. The van der Waals surface area contributed by atoms with Crippen molar-refractivity contribution in [1.29, 1.82) is 0 Å². The van der Waals surface area contributed by atoms with E-state index in [1.807, 2.05) is 32.1 Å². The van der Waals surface area contributed by atoms with Gasteiger partial charge in [-0.2, -0.15) is 0 Å². The predicted octanol–water partition coefficient (Wildman–Crippen LogP) is 4.74. The highest BCUT2D eigenvalue weighted by atomic mass is 32.1. The van der Waals surface area contributed by atoms with Crippen molar-refractivity contribution in [2.24, 2.45) is 5.92 Å². The Morgan fingerprint density at radius 3 is 2.63 bits per heavy atom. The number of rotatable bonds is 4. The van der Waals surface area contributed by atoms with Gasteiger partial charge >= 0.3 is 0 Å². The summed E-state index contributed by atoms with van der Waals surface area (Å²) in [5.74, 6) is 0.802. The average Bonchev–Trinajstić information content (AvgIpc) is 2.63. The molecule has 0 saturated heterocycles.